The van der Waals surface area contributed by atoms with Crippen molar-refractivity contribution in [3.8, 4) is 22.8 Å². The number of benzene rings is 1. The van der Waals surface area contributed by atoms with Crippen molar-refractivity contribution < 1.29 is 27.9 Å². The van der Waals surface area contributed by atoms with E-state index < -0.39 is 12.1 Å². The van der Waals surface area contributed by atoms with Crippen LogP contribution in [0.15, 0.2) is 54.9 Å². The van der Waals surface area contributed by atoms with Gasteiger partial charge in [0, 0.05) is 42.0 Å². The third-order valence-electron chi connectivity index (χ3n) is 4.83. The first-order valence-electron chi connectivity index (χ1n) is 9.71. The van der Waals surface area contributed by atoms with Gasteiger partial charge >= 0.3 is 12.1 Å². The number of carbonyl (C=O) groups excluding carboxylic acids is 1. The van der Waals surface area contributed by atoms with Gasteiger partial charge in [-0.15, -0.1) is 0 Å². The van der Waals surface area contributed by atoms with Gasteiger partial charge in [-0.25, -0.2) is 14.8 Å². The number of alkyl halides is 3. The summed E-state index contributed by atoms with van der Waals surface area (Å²) in [5, 5.41) is 11.0. The van der Waals surface area contributed by atoms with Crippen molar-refractivity contribution in [2.75, 3.05) is 6.54 Å². The lowest BCUT2D eigenvalue weighted by Crippen LogP contribution is -2.31. The SMILES string of the molecule is O=C(O)C(F)(F)F.O=C1NCCc2[nH]c(-c3ccnc(-c4cnc5ccccc5c4)n3)cc21. The van der Waals surface area contributed by atoms with Gasteiger partial charge in [0.2, 0.25) is 0 Å². The standard InChI is InChI=1S/C20H15N5O.C2HF3O2/c26-20-14-10-18(24-16(14)5-8-22-20)17-6-7-21-19(25-17)13-9-12-3-1-2-4-15(12)23-11-13;3-2(4,5)1(6)7/h1-4,6-7,9-11,24H,5,8H2,(H,22,26);(H,6,7). The van der Waals surface area contributed by atoms with E-state index in [1.165, 1.54) is 0 Å². The van der Waals surface area contributed by atoms with E-state index in [-0.39, 0.29) is 5.91 Å². The number of carboxylic acid groups (broad SMARTS) is 1. The van der Waals surface area contributed by atoms with E-state index in [0.29, 0.717) is 17.9 Å². The number of aliphatic carboxylic acids is 1. The van der Waals surface area contributed by atoms with Gasteiger partial charge in [-0.3, -0.25) is 9.78 Å². The molecule has 168 valence electrons. The van der Waals surface area contributed by atoms with Gasteiger partial charge < -0.3 is 15.4 Å². The largest absolute Gasteiger partial charge is 0.490 e. The zero-order valence-corrected chi connectivity index (χ0v) is 16.8. The summed E-state index contributed by atoms with van der Waals surface area (Å²) in [7, 11) is 0. The number of H-pyrrole nitrogens is 1. The predicted molar refractivity (Wildman–Crippen MR) is 112 cm³/mol. The molecule has 0 bridgehead atoms. The molecule has 0 saturated carbocycles. The van der Waals surface area contributed by atoms with Crippen molar-refractivity contribution in [2.45, 2.75) is 12.6 Å². The second-order valence-electron chi connectivity index (χ2n) is 7.07. The summed E-state index contributed by atoms with van der Waals surface area (Å²) in [4.78, 5) is 37.7. The second-order valence-corrected chi connectivity index (χ2v) is 7.07. The number of aromatic nitrogens is 4. The first-order valence-corrected chi connectivity index (χ1v) is 9.71. The Kier molecular flexibility index (Phi) is 5.78. The minimum Gasteiger partial charge on any atom is -0.475 e. The van der Waals surface area contributed by atoms with Crippen LogP contribution in [0.4, 0.5) is 13.2 Å². The van der Waals surface area contributed by atoms with E-state index in [0.717, 1.165) is 40.0 Å². The van der Waals surface area contributed by atoms with Gasteiger partial charge in [0.25, 0.3) is 5.91 Å². The Balaban J connectivity index is 0.000000325. The predicted octanol–water partition coefficient (Wildman–Crippen LogP) is 3.61. The fourth-order valence-electron chi connectivity index (χ4n) is 3.27. The molecule has 4 heterocycles. The maximum absolute atomic E-state index is 12.0. The zero-order valence-electron chi connectivity index (χ0n) is 16.8. The molecule has 0 unspecified atom stereocenters. The van der Waals surface area contributed by atoms with Crippen LogP contribution in [0.1, 0.15) is 16.1 Å². The Morgan fingerprint density at radius 1 is 1.09 bits per heavy atom. The summed E-state index contributed by atoms with van der Waals surface area (Å²) in [6, 6.07) is 13.7. The summed E-state index contributed by atoms with van der Waals surface area (Å²) in [5.74, 6) is -2.19. The number of halogens is 3. The van der Waals surface area contributed by atoms with Crippen molar-refractivity contribution in [3.05, 3.63) is 66.1 Å². The smallest absolute Gasteiger partial charge is 0.475 e. The van der Waals surface area contributed by atoms with Crippen molar-refractivity contribution in [3.63, 3.8) is 0 Å². The van der Waals surface area contributed by atoms with E-state index in [2.05, 4.69) is 25.3 Å². The Hall–Kier alpha value is -4.28. The van der Waals surface area contributed by atoms with Crippen LogP contribution in [0.25, 0.3) is 33.7 Å². The molecular formula is C22H16F3N5O3. The fraction of sp³-hybridized carbons (Fsp3) is 0.136. The highest BCUT2D eigenvalue weighted by Gasteiger charge is 2.38. The molecule has 33 heavy (non-hydrogen) atoms. The third kappa shape index (κ3) is 4.81. The average Bonchev–Trinajstić information content (AvgIpc) is 3.25. The molecule has 0 saturated heterocycles. The van der Waals surface area contributed by atoms with Crippen molar-refractivity contribution in [1.82, 2.24) is 25.3 Å². The topological polar surface area (TPSA) is 121 Å². The number of aromatic amines is 1. The van der Waals surface area contributed by atoms with Crippen molar-refractivity contribution >= 4 is 22.8 Å². The first kappa shape index (κ1) is 21.9. The number of amides is 1. The van der Waals surface area contributed by atoms with Crippen LogP contribution in [0.3, 0.4) is 0 Å². The zero-order chi connectivity index (χ0) is 23.6. The van der Waals surface area contributed by atoms with Crippen LogP contribution in [-0.2, 0) is 11.2 Å². The van der Waals surface area contributed by atoms with Crippen LogP contribution in [0.2, 0.25) is 0 Å². The van der Waals surface area contributed by atoms with Gasteiger partial charge in [-0.2, -0.15) is 13.2 Å². The van der Waals surface area contributed by atoms with Crippen molar-refractivity contribution in [1.29, 1.82) is 0 Å². The number of hydrogen-bond acceptors (Lipinski definition) is 5. The van der Waals surface area contributed by atoms with Crippen molar-refractivity contribution in [2.24, 2.45) is 0 Å². The minimum atomic E-state index is -5.08. The molecule has 3 aromatic heterocycles. The second kappa shape index (κ2) is 8.69. The van der Waals surface area contributed by atoms with Crippen LogP contribution >= 0.6 is 0 Å². The Bertz CT molecular complexity index is 1350. The number of nitrogens with one attached hydrogen (secondary N) is 2. The first-order chi connectivity index (χ1) is 15.7. The summed E-state index contributed by atoms with van der Waals surface area (Å²) in [6.07, 6.45) is -0.769. The summed E-state index contributed by atoms with van der Waals surface area (Å²) in [5.41, 5.74) is 5.03. The van der Waals surface area contributed by atoms with Crippen LogP contribution in [-0.4, -0.2) is 49.6 Å². The molecule has 1 amide bonds. The van der Waals surface area contributed by atoms with E-state index >= 15 is 0 Å². The Morgan fingerprint density at radius 3 is 2.58 bits per heavy atom. The normalized spacial score (nSPS) is 13.0. The van der Waals surface area contributed by atoms with Gasteiger partial charge in [-0.05, 0) is 24.3 Å². The molecule has 0 fully saturated rings. The van der Waals surface area contributed by atoms with E-state index in [9.17, 15) is 18.0 Å². The molecule has 0 radical (unpaired) electrons. The number of hydrogen-bond donors (Lipinski definition) is 3. The number of carboxylic acids is 1. The fourth-order valence-corrected chi connectivity index (χ4v) is 3.27. The molecule has 11 heteroatoms. The molecule has 0 spiro atoms. The highest BCUT2D eigenvalue weighted by atomic mass is 19.4. The maximum atomic E-state index is 12.0. The molecule has 1 aromatic carbocycles. The molecule has 4 aromatic rings. The van der Waals surface area contributed by atoms with Crippen LogP contribution in [0, 0.1) is 0 Å². The highest BCUT2D eigenvalue weighted by molar-refractivity contribution is 5.97. The highest BCUT2D eigenvalue weighted by Crippen LogP contribution is 2.25. The maximum Gasteiger partial charge on any atom is 0.490 e. The molecule has 8 nitrogen and oxygen atoms in total. The molecular weight excluding hydrogens is 439 g/mol. The Morgan fingerprint density at radius 2 is 1.85 bits per heavy atom. The van der Waals surface area contributed by atoms with E-state index in [1.54, 1.807) is 12.4 Å². The lowest BCUT2D eigenvalue weighted by atomic mass is 10.1. The number of fused-ring (bicyclic) bond motifs is 2. The van der Waals surface area contributed by atoms with Gasteiger partial charge in [0.1, 0.15) is 0 Å². The van der Waals surface area contributed by atoms with Gasteiger partial charge in [-0.1, -0.05) is 18.2 Å². The number of rotatable bonds is 2. The van der Waals surface area contributed by atoms with E-state index in [1.807, 2.05) is 42.5 Å². The number of pyridine rings is 1. The quantitative estimate of drug-likeness (QED) is 0.425. The summed E-state index contributed by atoms with van der Waals surface area (Å²) in [6.45, 7) is 0.656. The number of nitrogens with zero attached hydrogens (tertiary/aromatic N) is 3. The lowest BCUT2D eigenvalue weighted by Gasteiger charge is -2.10. The molecule has 0 aliphatic carbocycles. The number of carbonyl (C=O) groups is 2. The average molecular weight is 455 g/mol. The Labute approximate surface area is 184 Å². The number of para-hydroxylation sites is 1. The summed E-state index contributed by atoms with van der Waals surface area (Å²) >= 11 is 0. The molecule has 5 rings (SSSR count). The molecule has 1 aliphatic rings. The minimum absolute atomic E-state index is 0.0400. The molecule has 1 aliphatic heterocycles. The lowest BCUT2D eigenvalue weighted by molar-refractivity contribution is -0.192. The third-order valence-corrected chi connectivity index (χ3v) is 4.83. The molecule has 0 atom stereocenters. The monoisotopic (exact) mass is 455 g/mol. The van der Waals surface area contributed by atoms with E-state index in [4.69, 9.17) is 9.90 Å². The summed E-state index contributed by atoms with van der Waals surface area (Å²) < 4.78 is 31.7. The van der Waals surface area contributed by atoms with Crippen LogP contribution < -0.4 is 5.32 Å². The molecule has 3 N–H and O–H groups in total. The van der Waals surface area contributed by atoms with Gasteiger partial charge in [0.05, 0.1) is 22.5 Å². The van der Waals surface area contributed by atoms with Crippen LogP contribution in [0.5, 0.6) is 0 Å². The van der Waals surface area contributed by atoms with Gasteiger partial charge in [0.15, 0.2) is 5.82 Å².